The van der Waals surface area contributed by atoms with E-state index in [9.17, 15) is 4.39 Å². The lowest BCUT2D eigenvalue weighted by Gasteiger charge is -2.02. The second-order valence-electron chi connectivity index (χ2n) is 4.54. The number of nitrogens with one attached hydrogen (secondary N) is 1. The van der Waals surface area contributed by atoms with E-state index in [0.717, 1.165) is 0 Å². The van der Waals surface area contributed by atoms with E-state index in [0.29, 0.717) is 11.1 Å². The molecule has 1 aliphatic carbocycles. The molecule has 1 saturated carbocycles. The van der Waals surface area contributed by atoms with Gasteiger partial charge in [0, 0.05) is 5.54 Å². The SMILES string of the molecule is CC(O)c1cccc(F)c1.CNC1(C)CC1. The van der Waals surface area contributed by atoms with Crippen molar-refractivity contribution in [1.29, 1.82) is 0 Å². The molecule has 1 aromatic rings. The molecule has 0 heterocycles. The maximum absolute atomic E-state index is 12.4. The van der Waals surface area contributed by atoms with Crippen LogP contribution in [0.4, 0.5) is 4.39 Å². The average Bonchev–Trinajstić information content (AvgIpc) is 2.98. The molecule has 0 radical (unpaired) electrons. The van der Waals surface area contributed by atoms with Gasteiger partial charge in [-0.2, -0.15) is 0 Å². The molecule has 2 N–H and O–H groups in total. The third-order valence-corrected chi connectivity index (χ3v) is 2.93. The van der Waals surface area contributed by atoms with Crippen LogP contribution < -0.4 is 5.32 Å². The third-order valence-electron chi connectivity index (χ3n) is 2.93. The van der Waals surface area contributed by atoms with E-state index in [1.807, 2.05) is 7.05 Å². The first kappa shape index (κ1) is 13.1. The molecule has 2 nitrogen and oxygen atoms in total. The molecule has 2 rings (SSSR count). The van der Waals surface area contributed by atoms with Crippen LogP contribution in [0.5, 0.6) is 0 Å². The van der Waals surface area contributed by atoms with Gasteiger partial charge in [-0.05, 0) is 51.4 Å². The van der Waals surface area contributed by atoms with Crippen molar-refractivity contribution in [2.45, 2.75) is 38.3 Å². The summed E-state index contributed by atoms with van der Waals surface area (Å²) in [7, 11) is 2.02. The standard InChI is InChI=1S/C8H9FO.C5H11N/c1-6(10)7-3-2-4-8(9)5-7;1-5(6-2)3-4-5/h2-6,10H,1H3;6H,3-4H2,1-2H3. The van der Waals surface area contributed by atoms with E-state index in [2.05, 4.69) is 12.2 Å². The summed E-state index contributed by atoms with van der Waals surface area (Å²) in [6.45, 7) is 3.85. The number of aliphatic hydroxyl groups is 1. The fourth-order valence-corrected chi connectivity index (χ4v) is 1.20. The van der Waals surface area contributed by atoms with Crippen LogP contribution in [0.3, 0.4) is 0 Å². The molecule has 0 aliphatic heterocycles. The first-order valence-corrected chi connectivity index (χ1v) is 5.59. The minimum Gasteiger partial charge on any atom is -0.389 e. The summed E-state index contributed by atoms with van der Waals surface area (Å²) >= 11 is 0. The number of rotatable bonds is 2. The molecular formula is C13H20FNO. The zero-order valence-electron chi connectivity index (χ0n) is 10.1. The predicted molar refractivity (Wildman–Crippen MR) is 63.7 cm³/mol. The van der Waals surface area contributed by atoms with Crippen molar-refractivity contribution < 1.29 is 9.50 Å². The Morgan fingerprint density at radius 3 is 2.31 bits per heavy atom. The van der Waals surface area contributed by atoms with Gasteiger partial charge in [-0.1, -0.05) is 12.1 Å². The maximum Gasteiger partial charge on any atom is 0.123 e. The Morgan fingerprint density at radius 1 is 1.44 bits per heavy atom. The summed E-state index contributed by atoms with van der Waals surface area (Å²) in [6, 6.07) is 5.95. The second kappa shape index (κ2) is 5.41. The van der Waals surface area contributed by atoms with E-state index in [1.54, 1.807) is 19.1 Å². The van der Waals surface area contributed by atoms with Crippen LogP contribution in [0.25, 0.3) is 0 Å². The minimum atomic E-state index is -0.587. The highest BCUT2D eigenvalue weighted by Gasteiger charge is 2.34. The zero-order chi connectivity index (χ0) is 12.2. The van der Waals surface area contributed by atoms with Crippen molar-refractivity contribution >= 4 is 0 Å². The summed E-state index contributed by atoms with van der Waals surface area (Å²) in [5.41, 5.74) is 1.15. The Kier molecular flexibility index (Phi) is 4.44. The molecule has 90 valence electrons. The topological polar surface area (TPSA) is 32.3 Å². The molecule has 1 aromatic carbocycles. The molecule has 0 amide bonds. The van der Waals surface area contributed by atoms with Gasteiger partial charge in [0.15, 0.2) is 0 Å². The van der Waals surface area contributed by atoms with Crippen molar-refractivity contribution in [3.63, 3.8) is 0 Å². The fraction of sp³-hybridized carbons (Fsp3) is 0.538. The van der Waals surface area contributed by atoms with Crippen molar-refractivity contribution in [2.24, 2.45) is 0 Å². The van der Waals surface area contributed by atoms with Gasteiger partial charge in [-0.25, -0.2) is 4.39 Å². The van der Waals surface area contributed by atoms with E-state index >= 15 is 0 Å². The van der Waals surface area contributed by atoms with Crippen LogP contribution in [-0.4, -0.2) is 17.7 Å². The first-order chi connectivity index (χ1) is 7.47. The van der Waals surface area contributed by atoms with Crippen LogP contribution in [-0.2, 0) is 0 Å². The van der Waals surface area contributed by atoms with Gasteiger partial charge in [-0.15, -0.1) is 0 Å². The van der Waals surface area contributed by atoms with Gasteiger partial charge in [0.2, 0.25) is 0 Å². The molecule has 0 saturated heterocycles. The lowest BCUT2D eigenvalue weighted by molar-refractivity contribution is 0.199. The van der Waals surface area contributed by atoms with Crippen molar-refractivity contribution in [3.8, 4) is 0 Å². The molecule has 0 spiro atoms. The van der Waals surface area contributed by atoms with Gasteiger partial charge in [0.05, 0.1) is 6.10 Å². The van der Waals surface area contributed by atoms with Crippen LogP contribution >= 0.6 is 0 Å². The number of hydrogen-bond acceptors (Lipinski definition) is 2. The monoisotopic (exact) mass is 225 g/mol. The van der Waals surface area contributed by atoms with Crippen molar-refractivity contribution in [1.82, 2.24) is 5.32 Å². The molecule has 1 aliphatic rings. The van der Waals surface area contributed by atoms with E-state index in [4.69, 9.17) is 5.11 Å². The normalized spacial score (nSPS) is 18.3. The van der Waals surface area contributed by atoms with Crippen molar-refractivity contribution in [2.75, 3.05) is 7.05 Å². The first-order valence-electron chi connectivity index (χ1n) is 5.59. The summed E-state index contributed by atoms with van der Waals surface area (Å²) in [4.78, 5) is 0. The Labute approximate surface area is 96.5 Å². The fourth-order valence-electron chi connectivity index (χ4n) is 1.20. The highest BCUT2D eigenvalue weighted by Crippen LogP contribution is 2.33. The van der Waals surface area contributed by atoms with Crippen LogP contribution in [0.2, 0.25) is 0 Å². The number of aliphatic hydroxyl groups excluding tert-OH is 1. The Morgan fingerprint density at radius 2 is 2.06 bits per heavy atom. The van der Waals surface area contributed by atoms with Gasteiger partial charge in [-0.3, -0.25) is 0 Å². The molecule has 3 heteroatoms. The molecule has 1 unspecified atom stereocenters. The zero-order valence-corrected chi connectivity index (χ0v) is 10.1. The average molecular weight is 225 g/mol. The molecule has 0 bridgehead atoms. The summed E-state index contributed by atoms with van der Waals surface area (Å²) < 4.78 is 12.4. The smallest absolute Gasteiger partial charge is 0.123 e. The lowest BCUT2D eigenvalue weighted by atomic mass is 10.1. The second-order valence-corrected chi connectivity index (χ2v) is 4.54. The van der Waals surface area contributed by atoms with Gasteiger partial charge in [0.25, 0.3) is 0 Å². The Bertz CT molecular complexity index is 334. The minimum absolute atomic E-state index is 0.307. The molecular weight excluding hydrogens is 205 g/mol. The summed E-state index contributed by atoms with van der Waals surface area (Å²) in [5, 5.41) is 12.2. The Hall–Kier alpha value is -0.930. The quantitative estimate of drug-likeness (QED) is 0.811. The molecule has 1 atom stereocenters. The number of benzene rings is 1. The Balaban J connectivity index is 0.000000181. The van der Waals surface area contributed by atoms with Gasteiger partial charge < -0.3 is 10.4 Å². The maximum atomic E-state index is 12.4. The van der Waals surface area contributed by atoms with Crippen LogP contribution in [0.1, 0.15) is 38.4 Å². The predicted octanol–water partition coefficient (Wildman–Crippen LogP) is 2.64. The highest BCUT2D eigenvalue weighted by atomic mass is 19.1. The van der Waals surface area contributed by atoms with E-state index < -0.39 is 6.10 Å². The van der Waals surface area contributed by atoms with E-state index in [1.165, 1.54) is 25.0 Å². The molecule has 1 fully saturated rings. The molecule has 0 aromatic heterocycles. The van der Waals surface area contributed by atoms with Crippen LogP contribution in [0.15, 0.2) is 24.3 Å². The third kappa shape index (κ3) is 4.29. The van der Waals surface area contributed by atoms with Gasteiger partial charge >= 0.3 is 0 Å². The summed E-state index contributed by atoms with van der Waals surface area (Å²) in [6.07, 6.45) is 2.14. The molecule has 16 heavy (non-hydrogen) atoms. The number of halogens is 1. The largest absolute Gasteiger partial charge is 0.389 e. The van der Waals surface area contributed by atoms with Crippen LogP contribution in [0, 0.1) is 5.82 Å². The lowest BCUT2D eigenvalue weighted by Crippen LogP contribution is -2.21. The highest BCUT2D eigenvalue weighted by molar-refractivity contribution is 5.17. The summed E-state index contributed by atoms with van der Waals surface area (Å²) in [5.74, 6) is -0.307. The van der Waals surface area contributed by atoms with Gasteiger partial charge in [0.1, 0.15) is 5.82 Å². The van der Waals surface area contributed by atoms with E-state index in [-0.39, 0.29) is 5.82 Å². The number of hydrogen-bond donors (Lipinski definition) is 2. The van der Waals surface area contributed by atoms with Crippen molar-refractivity contribution in [3.05, 3.63) is 35.6 Å².